The molecule has 1 saturated carbocycles. The van der Waals surface area contributed by atoms with Crippen LogP contribution in [0.4, 0.5) is 24.5 Å². The van der Waals surface area contributed by atoms with Crippen LogP contribution in [-0.2, 0) is 15.7 Å². The SMILES string of the molecule is C[C@H]1CN(c2cc3nn(C4CCC(C=O)CC4)cc3cc2NC(=O)c2cccc(C(F)(F)F)n2)CCO1. The molecule has 1 amide bonds. The standard InChI is InChI=1S/C26H28F3N5O3/c1-16-13-33(9-10-37-16)23-12-21-18(14-34(32-21)19-7-5-17(15-35)6-8-19)11-22(23)31-25(36)20-3-2-4-24(30-20)26(27,28)29/h2-4,11-12,14-17,19H,5-10,13H2,1H3,(H,31,36)/t16-,17?,19?/m0/s1. The average molecular weight is 516 g/mol. The van der Waals surface area contributed by atoms with Gasteiger partial charge in [-0.1, -0.05) is 6.07 Å². The minimum Gasteiger partial charge on any atom is -0.375 e. The summed E-state index contributed by atoms with van der Waals surface area (Å²) in [6.07, 6.45) is 1.64. The minimum atomic E-state index is -4.65. The van der Waals surface area contributed by atoms with Crippen molar-refractivity contribution in [1.82, 2.24) is 14.8 Å². The lowest BCUT2D eigenvalue weighted by molar-refractivity contribution is -0.141. The smallest absolute Gasteiger partial charge is 0.375 e. The number of rotatable bonds is 5. The largest absolute Gasteiger partial charge is 0.433 e. The average Bonchev–Trinajstić information content (AvgIpc) is 3.31. The molecule has 0 radical (unpaired) electrons. The number of anilines is 2. The minimum absolute atomic E-state index is 0.0244. The topological polar surface area (TPSA) is 89.4 Å². The normalized spacial score (nSPS) is 22.7. The van der Waals surface area contributed by atoms with Gasteiger partial charge in [-0.3, -0.25) is 9.48 Å². The van der Waals surface area contributed by atoms with Crippen molar-refractivity contribution in [2.45, 2.75) is 50.9 Å². The summed E-state index contributed by atoms with van der Waals surface area (Å²) in [6, 6.07) is 7.14. The Balaban J connectivity index is 1.48. The molecule has 8 nitrogen and oxygen atoms in total. The fraction of sp³-hybridized carbons (Fsp3) is 0.462. The van der Waals surface area contributed by atoms with E-state index in [0.717, 1.165) is 54.6 Å². The summed E-state index contributed by atoms with van der Waals surface area (Å²) in [5.41, 5.74) is 0.497. The second kappa shape index (κ2) is 10.1. The van der Waals surface area contributed by atoms with E-state index in [1.807, 2.05) is 23.9 Å². The van der Waals surface area contributed by atoms with Gasteiger partial charge in [0.1, 0.15) is 17.7 Å². The molecule has 1 aromatic carbocycles. The van der Waals surface area contributed by atoms with E-state index in [1.54, 1.807) is 6.07 Å². The number of halogens is 3. The van der Waals surface area contributed by atoms with Gasteiger partial charge in [-0.25, -0.2) is 4.98 Å². The number of pyridine rings is 1. The van der Waals surface area contributed by atoms with E-state index in [1.165, 1.54) is 12.1 Å². The van der Waals surface area contributed by atoms with Crippen LogP contribution in [0.1, 0.15) is 54.8 Å². The first-order valence-corrected chi connectivity index (χ1v) is 12.4. The first-order chi connectivity index (χ1) is 17.7. The van der Waals surface area contributed by atoms with Gasteiger partial charge in [0, 0.05) is 30.6 Å². The number of fused-ring (bicyclic) bond motifs is 1. The van der Waals surface area contributed by atoms with Gasteiger partial charge in [-0.2, -0.15) is 18.3 Å². The molecular weight excluding hydrogens is 487 g/mol. The highest BCUT2D eigenvalue weighted by Gasteiger charge is 2.33. The predicted octanol–water partition coefficient (Wildman–Crippen LogP) is 4.86. The molecule has 1 atom stereocenters. The number of benzene rings is 1. The van der Waals surface area contributed by atoms with Gasteiger partial charge in [0.15, 0.2) is 0 Å². The molecule has 0 unspecified atom stereocenters. The van der Waals surface area contributed by atoms with E-state index in [0.29, 0.717) is 25.4 Å². The number of amides is 1. The molecule has 2 fully saturated rings. The summed E-state index contributed by atoms with van der Waals surface area (Å²) in [5, 5.41) is 8.38. The zero-order chi connectivity index (χ0) is 26.2. The molecule has 2 aliphatic rings. The Morgan fingerprint density at radius 1 is 1.19 bits per heavy atom. The number of carbonyl (C=O) groups is 2. The molecule has 1 saturated heterocycles. The van der Waals surface area contributed by atoms with E-state index in [2.05, 4.69) is 15.2 Å². The molecule has 3 aromatic rings. The molecule has 0 spiro atoms. The van der Waals surface area contributed by atoms with E-state index in [-0.39, 0.29) is 23.8 Å². The lowest BCUT2D eigenvalue weighted by Crippen LogP contribution is -2.41. The monoisotopic (exact) mass is 515 g/mol. The van der Waals surface area contributed by atoms with Crippen LogP contribution in [0, 0.1) is 5.92 Å². The van der Waals surface area contributed by atoms with Crippen molar-refractivity contribution >= 4 is 34.5 Å². The first-order valence-electron chi connectivity index (χ1n) is 12.4. The Morgan fingerprint density at radius 2 is 1.97 bits per heavy atom. The maximum Gasteiger partial charge on any atom is 0.433 e. The van der Waals surface area contributed by atoms with Gasteiger partial charge < -0.3 is 19.7 Å². The van der Waals surface area contributed by atoms with Crippen LogP contribution in [-0.4, -0.2) is 52.8 Å². The van der Waals surface area contributed by atoms with Crippen molar-refractivity contribution in [3.8, 4) is 0 Å². The van der Waals surface area contributed by atoms with Gasteiger partial charge in [0.05, 0.1) is 35.6 Å². The third kappa shape index (κ3) is 5.46. The number of nitrogens with zero attached hydrogens (tertiary/aromatic N) is 4. The number of ether oxygens (including phenoxy) is 1. The molecule has 11 heteroatoms. The van der Waals surface area contributed by atoms with E-state index in [9.17, 15) is 22.8 Å². The Morgan fingerprint density at radius 3 is 2.68 bits per heavy atom. The molecule has 1 aliphatic carbocycles. The van der Waals surface area contributed by atoms with E-state index in [4.69, 9.17) is 9.84 Å². The highest BCUT2D eigenvalue weighted by molar-refractivity contribution is 6.06. The number of aldehydes is 1. The van der Waals surface area contributed by atoms with E-state index >= 15 is 0 Å². The predicted molar refractivity (Wildman–Crippen MR) is 132 cm³/mol. The Labute approximate surface area is 211 Å². The van der Waals surface area contributed by atoms with Crippen LogP contribution < -0.4 is 10.2 Å². The number of aromatic nitrogens is 3. The number of nitrogens with one attached hydrogen (secondary N) is 1. The zero-order valence-electron chi connectivity index (χ0n) is 20.4. The van der Waals surface area contributed by atoms with Gasteiger partial charge >= 0.3 is 6.18 Å². The molecule has 2 aromatic heterocycles. The van der Waals surface area contributed by atoms with Gasteiger partial charge in [-0.15, -0.1) is 0 Å². The van der Waals surface area contributed by atoms with Crippen LogP contribution in [0.3, 0.4) is 0 Å². The molecule has 196 valence electrons. The third-order valence-electron chi connectivity index (χ3n) is 7.05. The number of hydrogen-bond donors (Lipinski definition) is 1. The van der Waals surface area contributed by atoms with Gasteiger partial charge in [0.2, 0.25) is 0 Å². The third-order valence-corrected chi connectivity index (χ3v) is 7.05. The highest BCUT2D eigenvalue weighted by atomic mass is 19.4. The number of hydrogen-bond acceptors (Lipinski definition) is 6. The Hall–Kier alpha value is -3.47. The molecule has 1 aliphatic heterocycles. The molecule has 3 heterocycles. The summed E-state index contributed by atoms with van der Waals surface area (Å²) in [5.74, 6) is -0.630. The van der Waals surface area contributed by atoms with E-state index < -0.39 is 17.8 Å². The summed E-state index contributed by atoms with van der Waals surface area (Å²) < 4.78 is 47.0. The second-order valence-electron chi connectivity index (χ2n) is 9.73. The van der Waals surface area contributed by atoms with Crippen LogP contribution in [0.5, 0.6) is 0 Å². The summed E-state index contributed by atoms with van der Waals surface area (Å²) >= 11 is 0. The van der Waals surface area contributed by atoms with Crippen LogP contribution in [0.2, 0.25) is 0 Å². The molecule has 5 rings (SSSR count). The van der Waals surface area contributed by atoms with Crippen molar-refractivity contribution in [2.24, 2.45) is 5.92 Å². The summed E-state index contributed by atoms with van der Waals surface area (Å²) in [7, 11) is 0. The lowest BCUT2D eigenvalue weighted by atomic mass is 9.87. The quantitative estimate of drug-likeness (QED) is 0.489. The first kappa shape index (κ1) is 25.2. The van der Waals surface area contributed by atoms with Crippen LogP contribution in [0.15, 0.2) is 36.5 Å². The molecule has 1 N–H and O–H groups in total. The van der Waals surface area contributed by atoms with Crippen LogP contribution >= 0.6 is 0 Å². The number of morpholine rings is 1. The van der Waals surface area contributed by atoms with Gasteiger partial charge in [0.25, 0.3) is 5.91 Å². The maximum atomic E-state index is 13.1. The maximum absolute atomic E-state index is 13.1. The van der Waals surface area contributed by atoms with Crippen molar-refractivity contribution in [1.29, 1.82) is 0 Å². The zero-order valence-corrected chi connectivity index (χ0v) is 20.4. The number of carbonyl (C=O) groups excluding carboxylic acids is 2. The van der Waals surface area contributed by atoms with Crippen molar-refractivity contribution in [3.05, 3.63) is 47.9 Å². The molecular formula is C26H28F3N5O3. The summed E-state index contributed by atoms with van der Waals surface area (Å²) in [4.78, 5) is 29.7. The van der Waals surface area contributed by atoms with Crippen molar-refractivity contribution in [3.63, 3.8) is 0 Å². The molecule has 0 bridgehead atoms. The lowest BCUT2D eigenvalue weighted by Gasteiger charge is -2.34. The second-order valence-corrected chi connectivity index (χ2v) is 9.73. The van der Waals surface area contributed by atoms with Crippen molar-refractivity contribution < 1.29 is 27.5 Å². The fourth-order valence-corrected chi connectivity index (χ4v) is 5.07. The molecule has 37 heavy (non-hydrogen) atoms. The van der Waals surface area contributed by atoms with Crippen LogP contribution in [0.25, 0.3) is 10.9 Å². The fourth-order valence-electron chi connectivity index (χ4n) is 5.07. The number of alkyl halides is 3. The summed E-state index contributed by atoms with van der Waals surface area (Å²) in [6.45, 7) is 3.65. The Bertz CT molecular complexity index is 1300. The highest BCUT2D eigenvalue weighted by Crippen LogP contribution is 2.36. The van der Waals surface area contributed by atoms with Crippen molar-refractivity contribution in [2.75, 3.05) is 29.9 Å². The van der Waals surface area contributed by atoms with Gasteiger partial charge in [-0.05, 0) is 56.9 Å². The Kier molecular flexibility index (Phi) is 6.89.